The number of benzene rings is 1. The third kappa shape index (κ3) is 2.24. The molecule has 0 amide bonds. The third-order valence-corrected chi connectivity index (χ3v) is 3.82. The number of rotatable bonds is 3. The lowest BCUT2D eigenvalue weighted by Crippen LogP contribution is -2.03. The molecule has 0 aliphatic heterocycles. The van der Waals surface area contributed by atoms with Gasteiger partial charge in [-0.1, -0.05) is 6.92 Å². The lowest BCUT2D eigenvalue weighted by molar-refractivity contribution is 0.104. The number of nitrogens with two attached hydrogens (primary N) is 1. The van der Waals surface area contributed by atoms with Crippen LogP contribution in [0.2, 0.25) is 0 Å². The van der Waals surface area contributed by atoms with Gasteiger partial charge >= 0.3 is 0 Å². The van der Waals surface area contributed by atoms with Crippen LogP contribution >= 0.6 is 11.3 Å². The maximum Gasteiger partial charge on any atom is 0.203 e. The molecule has 2 rings (SSSR count). The van der Waals surface area contributed by atoms with Gasteiger partial charge in [-0.2, -0.15) is 0 Å². The molecule has 0 atom stereocenters. The van der Waals surface area contributed by atoms with Gasteiger partial charge in [-0.15, -0.1) is 11.3 Å². The number of hydrogen-bond acceptors (Lipinski definition) is 3. The SMILES string of the molecule is CCc1ccsc1C(=O)c1ccc(N)c(C)c1. The van der Waals surface area contributed by atoms with Crippen LogP contribution in [0.15, 0.2) is 29.6 Å². The van der Waals surface area contributed by atoms with Gasteiger partial charge in [-0.3, -0.25) is 4.79 Å². The highest BCUT2D eigenvalue weighted by atomic mass is 32.1. The molecule has 0 saturated heterocycles. The highest BCUT2D eigenvalue weighted by Gasteiger charge is 2.14. The molecule has 0 bridgehead atoms. The molecule has 0 fully saturated rings. The normalized spacial score (nSPS) is 10.5. The van der Waals surface area contributed by atoms with Crippen LogP contribution in [0.5, 0.6) is 0 Å². The van der Waals surface area contributed by atoms with Crippen LogP contribution in [0.3, 0.4) is 0 Å². The second kappa shape index (κ2) is 4.72. The van der Waals surface area contributed by atoms with E-state index in [0.29, 0.717) is 5.56 Å². The molecule has 0 unspecified atom stereocenters. The summed E-state index contributed by atoms with van der Waals surface area (Å²) in [6.07, 6.45) is 0.887. The Morgan fingerprint density at radius 2 is 2.12 bits per heavy atom. The topological polar surface area (TPSA) is 43.1 Å². The van der Waals surface area contributed by atoms with E-state index in [1.54, 1.807) is 12.1 Å². The maximum absolute atomic E-state index is 12.3. The lowest BCUT2D eigenvalue weighted by Gasteiger charge is -2.04. The monoisotopic (exact) mass is 245 g/mol. The van der Waals surface area contributed by atoms with Gasteiger partial charge in [0.1, 0.15) is 0 Å². The molecular formula is C14H15NOS. The van der Waals surface area contributed by atoms with Crippen molar-refractivity contribution in [2.45, 2.75) is 20.3 Å². The van der Waals surface area contributed by atoms with E-state index in [1.165, 1.54) is 11.3 Å². The number of carbonyl (C=O) groups excluding carboxylic acids is 1. The first-order valence-corrected chi connectivity index (χ1v) is 6.48. The fourth-order valence-corrected chi connectivity index (χ4v) is 2.72. The molecule has 0 radical (unpaired) electrons. The number of hydrogen-bond donors (Lipinski definition) is 1. The summed E-state index contributed by atoms with van der Waals surface area (Å²) in [5.74, 6) is 0.0972. The molecule has 88 valence electrons. The van der Waals surface area contributed by atoms with E-state index < -0.39 is 0 Å². The summed E-state index contributed by atoms with van der Waals surface area (Å²) in [6, 6.07) is 7.46. The highest BCUT2D eigenvalue weighted by molar-refractivity contribution is 7.12. The lowest BCUT2D eigenvalue weighted by atomic mass is 10.0. The number of thiophene rings is 1. The standard InChI is InChI=1S/C14H15NOS/c1-3-10-6-7-17-14(10)13(16)11-4-5-12(15)9(2)8-11/h4-8H,3,15H2,1-2H3. The molecule has 0 aliphatic rings. The van der Waals surface area contributed by atoms with Crippen LogP contribution in [0.4, 0.5) is 5.69 Å². The van der Waals surface area contributed by atoms with Gasteiger partial charge in [0.25, 0.3) is 0 Å². The van der Waals surface area contributed by atoms with Crippen LogP contribution in [0.1, 0.15) is 33.3 Å². The Labute approximate surface area is 105 Å². The second-order valence-corrected chi connectivity index (χ2v) is 4.95. The van der Waals surface area contributed by atoms with Gasteiger partial charge in [0.15, 0.2) is 0 Å². The molecule has 17 heavy (non-hydrogen) atoms. The molecule has 3 heteroatoms. The van der Waals surface area contributed by atoms with E-state index in [0.717, 1.165) is 28.1 Å². The summed E-state index contributed by atoms with van der Waals surface area (Å²) >= 11 is 1.51. The molecule has 1 heterocycles. The maximum atomic E-state index is 12.3. The Morgan fingerprint density at radius 3 is 2.76 bits per heavy atom. The van der Waals surface area contributed by atoms with Crippen molar-refractivity contribution in [3.8, 4) is 0 Å². The largest absolute Gasteiger partial charge is 0.399 e. The van der Waals surface area contributed by atoms with E-state index in [-0.39, 0.29) is 5.78 Å². The van der Waals surface area contributed by atoms with Crippen LogP contribution in [-0.4, -0.2) is 5.78 Å². The Hall–Kier alpha value is -1.61. The number of aryl methyl sites for hydroxylation is 2. The first kappa shape index (κ1) is 11.9. The van der Waals surface area contributed by atoms with Gasteiger partial charge < -0.3 is 5.73 Å². The van der Waals surface area contributed by atoms with Crippen LogP contribution in [0.25, 0.3) is 0 Å². The molecule has 2 nitrogen and oxygen atoms in total. The van der Waals surface area contributed by atoms with Gasteiger partial charge in [0.05, 0.1) is 4.88 Å². The molecule has 1 aromatic carbocycles. The number of nitrogen functional groups attached to an aromatic ring is 1. The first-order chi connectivity index (χ1) is 8.13. The Bertz CT molecular complexity index is 557. The van der Waals surface area contributed by atoms with Crippen molar-refractivity contribution in [1.29, 1.82) is 0 Å². The van der Waals surface area contributed by atoms with E-state index in [4.69, 9.17) is 5.73 Å². The average molecular weight is 245 g/mol. The predicted molar refractivity (Wildman–Crippen MR) is 72.7 cm³/mol. The van der Waals surface area contributed by atoms with Crippen molar-refractivity contribution in [2.24, 2.45) is 0 Å². The highest BCUT2D eigenvalue weighted by Crippen LogP contribution is 2.23. The number of carbonyl (C=O) groups is 1. The zero-order valence-electron chi connectivity index (χ0n) is 9.99. The van der Waals surface area contributed by atoms with Crippen molar-refractivity contribution in [3.05, 3.63) is 51.2 Å². The van der Waals surface area contributed by atoms with E-state index >= 15 is 0 Å². The van der Waals surface area contributed by atoms with Crippen molar-refractivity contribution >= 4 is 22.8 Å². The fraction of sp³-hybridized carbons (Fsp3) is 0.214. The zero-order valence-corrected chi connectivity index (χ0v) is 10.8. The summed E-state index contributed by atoms with van der Waals surface area (Å²) in [4.78, 5) is 13.2. The molecule has 0 saturated carbocycles. The number of ketones is 1. The summed E-state index contributed by atoms with van der Waals surface area (Å²) in [5, 5.41) is 1.97. The number of anilines is 1. The van der Waals surface area contributed by atoms with Gasteiger partial charge in [0.2, 0.25) is 5.78 Å². The summed E-state index contributed by atoms with van der Waals surface area (Å²) in [6.45, 7) is 3.98. The Morgan fingerprint density at radius 1 is 1.35 bits per heavy atom. The van der Waals surface area contributed by atoms with Crippen molar-refractivity contribution < 1.29 is 4.79 Å². The minimum atomic E-state index is 0.0972. The fourth-order valence-electron chi connectivity index (χ4n) is 1.76. The van der Waals surface area contributed by atoms with Gasteiger partial charge in [-0.25, -0.2) is 0 Å². The first-order valence-electron chi connectivity index (χ1n) is 5.60. The minimum absolute atomic E-state index is 0.0972. The van der Waals surface area contributed by atoms with Crippen LogP contribution in [-0.2, 0) is 6.42 Å². The van der Waals surface area contributed by atoms with Gasteiger partial charge in [-0.05, 0) is 54.1 Å². The summed E-state index contributed by atoms with van der Waals surface area (Å²) < 4.78 is 0. The van der Waals surface area contributed by atoms with Crippen LogP contribution < -0.4 is 5.73 Å². The van der Waals surface area contributed by atoms with Crippen molar-refractivity contribution in [3.63, 3.8) is 0 Å². The average Bonchev–Trinajstić information content (AvgIpc) is 2.80. The van der Waals surface area contributed by atoms with Crippen LogP contribution in [0, 0.1) is 6.92 Å². The van der Waals surface area contributed by atoms with E-state index in [9.17, 15) is 4.79 Å². The molecule has 1 aromatic heterocycles. The molecule has 0 spiro atoms. The minimum Gasteiger partial charge on any atom is -0.399 e. The quantitative estimate of drug-likeness (QED) is 0.665. The Balaban J connectivity index is 2.40. The smallest absolute Gasteiger partial charge is 0.203 e. The molecule has 2 N–H and O–H groups in total. The summed E-state index contributed by atoms with van der Waals surface area (Å²) in [7, 11) is 0. The van der Waals surface area contributed by atoms with Crippen molar-refractivity contribution in [2.75, 3.05) is 5.73 Å². The summed E-state index contributed by atoms with van der Waals surface area (Å²) in [5.41, 5.74) is 9.27. The van der Waals surface area contributed by atoms with E-state index in [2.05, 4.69) is 6.92 Å². The molecule has 0 aliphatic carbocycles. The second-order valence-electron chi connectivity index (χ2n) is 4.03. The third-order valence-electron chi connectivity index (χ3n) is 2.87. The van der Waals surface area contributed by atoms with Crippen molar-refractivity contribution in [1.82, 2.24) is 0 Å². The Kier molecular flexibility index (Phi) is 3.29. The van der Waals surface area contributed by atoms with E-state index in [1.807, 2.05) is 24.4 Å². The van der Waals surface area contributed by atoms with Gasteiger partial charge in [0, 0.05) is 11.3 Å². The molecular weight excluding hydrogens is 230 g/mol. The zero-order chi connectivity index (χ0) is 12.4. The molecule has 2 aromatic rings. The predicted octanol–water partition coefficient (Wildman–Crippen LogP) is 3.43.